The van der Waals surface area contributed by atoms with Crippen LogP contribution < -0.4 is 15.5 Å². The summed E-state index contributed by atoms with van der Waals surface area (Å²) in [4.78, 5) is 29.0. The molecule has 2 N–H and O–H groups in total. The summed E-state index contributed by atoms with van der Waals surface area (Å²) >= 11 is 11.6. The Morgan fingerprint density at radius 3 is 2.48 bits per heavy atom. The minimum Gasteiger partial charge on any atom is -0.451 e. The van der Waals surface area contributed by atoms with Crippen LogP contribution in [0.5, 0.6) is 0 Å². The number of furan rings is 1. The van der Waals surface area contributed by atoms with Gasteiger partial charge in [0.15, 0.2) is 10.9 Å². The van der Waals surface area contributed by atoms with Gasteiger partial charge in [-0.15, -0.1) is 0 Å². The molecule has 0 aliphatic carbocycles. The number of benzene rings is 2. The number of piperazine rings is 1. The molecule has 0 unspecified atom stereocenters. The predicted molar refractivity (Wildman–Crippen MR) is 135 cm³/mol. The second kappa shape index (κ2) is 9.80. The topological polar surface area (TPSA) is 77.8 Å². The highest BCUT2D eigenvalue weighted by Gasteiger charge is 2.24. The van der Waals surface area contributed by atoms with Gasteiger partial charge >= 0.3 is 0 Å². The number of hydrogen-bond acceptors (Lipinski definition) is 5. The summed E-state index contributed by atoms with van der Waals surface area (Å²) in [5, 5.41) is 7.27. The number of hydrogen-bond donors (Lipinski definition) is 2. The van der Waals surface area contributed by atoms with Gasteiger partial charge in [0.05, 0.1) is 11.4 Å². The van der Waals surface area contributed by atoms with Gasteiger partial charge in [0, 0.05) is 42.5 Å². The number of rotatable bonds is 4. The summed E-state index contributed by atoms with van der Waals surface area (Å²) in [6.45, 7) is 6.49. The third-order valence-corrected chi connectivity index (χ3v) is 5.95. The molecule has 7 nitrogen and oxygen atoms in total. The summed E-state index contributed by atoms with van der Waals surface area (Å²) in [7, 11) is 0. The Labute approximate surface area is 202 Å². The van der Waals surface area contributed by atoms with Crippen LogP contribution in [-0.4, -0.2) is 48.0 Å². The lowest BCUT2D eigenvalue weighted by Gasteiger charge is -2.37. The molecule has 0 radical (unpaired) electrons. The van der Waals surface area contributed by atoms with Crippen molar-refractivity contribution in [3.05, 3.63) is 59.3 Å². The van der Waals surface area contributed by atoms with Gasteiger partial charge in [-0.3, -0.25) is 14.9 Å². The SMILES string of the molecule is CC(C)C(=O)N1CCN(c2ccc(Cl)cc2NC(=S)NC(=O)c2cc3ccccc3o2)CC1. The van der Waals surface area contributed by atoms with E-state index in [-0.39, 0.29) is 22.7 Å². The fraction of sp³-hybridized carbons (Fsp3) is 0.292. The van der Waals surface area contributed by atoms with Gasteiger partial charge in [-0.25, -0.2) is 0 Å². The van der Waals surface area contributed by atoms with Crippen molar-refractivity contribution < 1.29 is 14.0 Å². The molecule has 9 heteroatoms. The Hall–Kier alpha value is -3.10. The molecule has 2 aromatic carbocycles. The molecule has 1 fully saturated rings. The molecule has 0 atom stereocenters. The van der Waals surface area contributed by atoms with E-state index in [1.54, 1.807) is 18.2 Å². The van der Waals surface area contributed by atoms with E-state index in [4.69, 9.17) is 28.2 Å². The maximum absolute atomic E-state index is 12.6. The Balaban J connectivity index is 1.43. The monoisotopic (exact) mass is 484 g/mol. The summed E-state index contributed by atoms with van der Waals surface area (Å²) in [6.07, 6.45) is 0. The van der Waals surface area contributed by atoms with Gasteiger partial charge in [0.2, 0.25) is 5.91 Å². The van der Waals surface area contributed by atoms with Crippen LogP contribution in [0.4, 0.5) is 11.4 Å². The molecule has 1 aliphatic heterocycles. The third-order valence-electron chi connectivity index (χ3n) is 5.51. The number of nitrogens with zero attached hydrogens (tertiary/aromatic N) is 2. The number of halogens is 1. The molecule has 1 aromatic heterocycles. The molecule has 33 heavy (non-hydrogen) atoms. The van der Waals surface area contributed by atoms with Crippen molar-refractivity contribution in [1.82, 2.24) is 10.2 Å². The van der Waals surface area contributed by atoms with Gasteiger partial charge in [-0.05, 0) is 42.5 Å². The summed E-state index contributed by atoms with van der Waals surface area (Å²) in [5.74, 6) is -0.110. The highest BCUT2D eigenvalue weighted by molar-refractivity contribution is 7.80. The maximum Gasteiger partial charge on any atom is 0.293 e. The molecule has 0 saturated carbocycles. The van der Waals surface area contributed by atoms with Gasteiger partial charge in [-0.2, -0.15) is 0 Å². The molecule has 172 valence electrons. The zero-order valence-corrected chi connectivity index (χ0v) is 20.0. The second-order valence-electron chi connectivity index (χ2n) is 8.19. The van der Waals surface area contributed by atoms with E-state index in [1.165, 1.54) is 0 Å². The van der Waals surface area contributed by atoms with Crippen molar-refractivity contribution >= 4 is 63.1 Å². The van der Waals surface area contributed by atoms with Crippen LogP contribution in [0, 0.1) is 5.92 Å². The molecule has 1 saturated heterocycles. The third kappa shape index (κ3) is 5.29. The Bertz CT molecular complexity index is 1170. The number of amides is 2. The number of nitrogens with one attached hydrogen (secondary N) is 2. The fourth-order valence-electron chi connectivity index (χ4n) is 3.83. The Kier molecular flexibility index (Phi) is 6.85. The lowest BCUT2D eigenvalue weighted by molar-refractivity contribution is -0.134. The zero-order valence-electron chi connectivity index (χ0n) is 18.4. The quantitative estimate of drug-likeness (QED) is 0.530. The zero-order chi connectivity index (χ0) is 23.5. The lowest BCUT2D eigenvalue weighted by atomic mass is 10.1. The molecule has 2 heterocycles. The second-order valence-corrected chi connectivity index (χ2v) is 9.03. The Morgan fingerprint density at radius 1 is 1.06 bits per heavy atom. The molecule has 2 amide bonds. The smallest absolute Gasteiger partial charge is 0.293 e. The molecule has 4 rings (SSSR count). The van der Waals surface area contributed by atoms with E-state index in [9.17, 15) is 9.59 Å². The average molecular weight is 485 g/mol. The number of thiocarbonyl (C=S) groups is 1. The van der Waals surface area contributed by atoms with E-state index >= 15 is 0 Å². The van der Waals surface area contributed by atoms with Gasteiger partial charge in [0.25, 0.3) is 5.91 Å². The highest BCUT2D eigenvalue weighted by atomic mass is 35.5. The van der Waals surface area contributed by atoms with E-state index in [0.717, 1.165) is 11.1 Å². The van der Waals surface area contributed by atoms with Crippen molar-refractivity contribution in [2.24, 2.45) is 5.92 Å². The molecule has 0 spiro atoms. The fourth-order valence-corrected chi connectivity index (χ4v) is 4.20. The molecule has 1 aliphatic rings. The van der Waals surface area contributed by atoms with Crippen molar-refractivity contribution in [1.29, 1.82) is 0 Å². The van der Waals surface area contributed by atoms with Crippen LogP contribution in [0.2, 0.25) is 5.02 Å². The highest BCUT2D eigenvalue weighted by Crippen LogP contribution is 2.30. The average Bonchev–Trinajstić information content (AvgIpc) is 3.23. The molecular weight excluding hydrogens is 460 g/mol. The molecule has 0 bridgehead atoms. The largest absolute Gasteiger partial charge is 0.451 e. The van der Waals surface area contributed by atoms with Crippen LogP contribution in [0.1, 0.15) is 24.4 Å². The van der Waals surface area contributed by atoms with Crippen LogP contribution in [0.15, 0.2) is 52.9 Å². The normalized spacial score (nSPS) is 13.9. The van der Waals surface area contributed by atoms with Gasteiger partial charge < -0.3 is 19.5 Å². The number of carbonyl (C=O) groups excluding carboxylic acids is 2. The van der Waals surface area contributed by atoms with Crippen molar-refractivity contribution in [3.63, 3.8) is 0 Å². The summed E-state index contributed by atoms with van der Waals surface area (Å²) < 4.78 is 5.60. The van der Waals surface area contributed by atoms with Crippen molar-refractivity contribution in [2.75, 3.05) is 36.4 Å². The number of anilines is 2. The van der Waals surface area contributed by atoms with Crippen LogP contribution in [0.25, 0.3) is 11.0 Å². The number of para-hydroxylation sites is 1. The van der Waals surface area contributed by atoms with Crippen molar-refractivity contribution in [2.45, 2.75) is 13.8 Å². The molecular formula is C24H25ClN4O3S. The minimum atomic E-state index is -0.437. The lowest BCUT2D eigenvalue weighted by Crippen LogP contribution is -2.50. The van der Waals surface area contributed by atoms with Crippen LogP contribution >= 0.6 is 23.8 Å². The number of fused-ring (bicyclic) bond motifs is 1. The van der Waals surface area contributed by atoms with E-state index in [1.807, 2.05) is 49.1 Å². The minimum absolute atomic E-state index is 0.0166. The first-order chi connectivity index (χ1) is 15.8. The van der Waals surface area contributed by atoms with Crippen LogP contribution in [0.3, 0.4) is 0 Å². The predicted octanol–water partition coefficient (Wildman–Crippen LogP) is 4.52. The maximum atomic E-state index is 12.6. The Morgan fingerprint density at radius 2 is 1.79 bits per heavy atom. The first kappa shape index (κ1) is 23.1. The first-order valence-electron chi connectivity index (χ1n) is 10.8. The standard InChI is InChI=1S/C24H25ClN4O3S/c1-15(2)23(31)29-11-9-28(10-12-29)19-8-7-17(25)14-18(19)26-24(33)27-22(30)21-13-16-5-3-4-6-20(16)32-21/h3-8,13-15H,9-12H2,1-2H3,(H2,26,27,30,33). The first-order valence-corrected chi connectivity index (χ1v) is 11.5. The van der Waals surface area contributed by atoms with Gasteiger partial charge in [-0.1, -0.05) is 43.6 Å². The van der Waals surface area contributed by atoms with E-state index < -0.39 is 5.91 Å². The summed E-state index contributed by atoms with van der Waals surface area (Å²) in [6, 6.07) is 14.6. The van der Waals surface area contributed by atoms with E-state index in [2.05, 4.69) is 15.5 Å². The summed E-state index contributed by atoms with van der Waals surface area (Å²) in [5.41, 5.74) is 2.21. The molecule has 3 aromatic rings. The van der Waals surface area contributed by atoms with Crippen LogP contribution in [-0.2, 0) is 4.79 Å². The van der Waals surface area contributed by atoms with Crippen molar-refractivity contribution in [3.8, 4) is 0 Å². The number of carbonyl (C=O) groups is 2. The van der Waals surface area contributed by atoms with Gasteiger partial charge in [0.1, 0.15) is 5.58 Å². The van der Waals surface area contributed by atoms with E-state index in [0.29, 0.717) is 42.5 Å².